The molecule has 1 saturated carbocycles. The summed E-state index contributed by atoms with van der Waals surface area (Å²) in [4.78, 5) is 14.4. The van der Waals surface area contributed by atoms with Gasteiger partial charge in [0.15, 0.2) is 0 Å². The lowest BCUT2D eigenvalue weighted by Crippen LogP contribution is -2.54. The first-order chi connectivity index (χ1) is 9.25. The second-order valence-electron chi connectivity index (χ2n) is 5.27. The van der Waals surface area contributed by atoms with Gasteiger partial charge < -0.3 is 9.64 Å². The molecule has 0 radical (unpaired) electrons. The number of benzene rings is 1. The number of nitrogens with zero attached hydrogens (tertiary/aromatic N) is 1. The van der Waals surface area contributed by atoms with Gasteiger partial charge in [0.1, 0.15) is 5.82 Å². The molecule has 1 heterocycles. The minimum Gasteiger partial charge on any atom is -0.374 e. The van der Waals surface area contributed by atoms with Crippen molar-refractivity contribution < 1.29 is 13.9 Å². The first-order valence-electron chi connectivity index (χ1n) is 6.94. The van der Waals surface area contributed by atoms with Crippen molar-refractivity contribution in [2.24, 2.45) is 0 Å². The molecular weight excluding hydrogens is 245 g/mol. The molecule has 19 heavy (non-hydrogen) atoms. The highest BCUT2D eigenvalue weighted by molar-refractivity contribution is 5.94. The third-order valence-corrected chi connectivity index (χ3v) is 4.08. The molecule has 2 atom stereocenters. The molecule has 2 aliphatic rings. The lowest BCUT2D eigenvalue weighted by atomic mass is 9.89. The number of ether oxygens (including phenoxy) is 1. The van der Waals surface area contributed by atoms with E-state index in [9.17, 15) is 9.18 Å². The summed E-state index contributed by atoms with van der Waals surface area (Å²) in [6, 6.07) is 5.99. The molecule has 1 saturated heterocycles. The highest BCUT2D eigenvalue weighted by atomic mass is 19.1. The third kappa shape index (κ3) is 2.50. The van der Waals surface area contributed by atoms with Crippen LogP contribution in [0.25, 0.3) is 0 Å². The van der Waals surface area contributed by atoms with Crippen molar-refractivity contribution in [1.29, 1.82) is 0 Å². The van der Waals surface area contributed by atoms with E-state index in [0.717, 1.165) is 19.3 Å². The van der Waals surface area contributed by atoms with Crippen molar-refractivity contribution >= 4 is 5.91 Å². The Labute approximate surface area is 112 Å². The molecule has 3 rings (SSSR count). The monoisotopic (exact) mass is 263 g/mol. The van der Waals surface area contributed by atoms with Gasteiger partial charge in [-0.25, -0.2) is 4.39 Å². The summed E-state index contributed by atoms with van der Waals surface area (Å²) in [5.41, 5.74) is 0.563. The van der Waals surface area contributed by atoms with E-state index in [2.05, 4.69) is 0 Å². The van der Waals surface area contributed by atoms with Crippen molar-refractivity contribution in [3.63, 3.8) is 0 Å². The van der Waals surface area contributed by atoms with Crippen LogP contribution in [-0.4, -0.2) is 36.1 Å². The Hall–Kier alpha value is -1.42. The fraction of sp³-hybridized carbons (Fsp3) is 0.533. The predicted octanol–water partition coefficient (Wildman–Crippen LogP) is 2.61. The largest absolute Gasteiger partial charge is 0.374 e. The van der Waals surface area contributed by atoms with Crippen molar-refractivity contribution in [3.8, 4) is 0 Å². The molecule has 3 nitrogen and oxygen atoms in total. The lowest BCUT2D eigenvalue weighted by molar-refractivity contribution is -0.0752. The number of fused-ring (bicyclic) bond motifs is 1. The molecule has 0 spiro atoms. The molecule has 4 heteroatoms. The van der Waals surface area contributed by atoms with Crippen molar-refractivity contribution in [3.05, 3.63) is 35.6 Å². The number of morpholine rings is 1. The van der Waals surface area contributed by atoms with Crippen LogP contribution in [0, 0.1) is 5.82 Å². The van der Waals surface area contributed by atoms with Gasteiger partial charge in [0.05, 0.1) is 18.8 Å². The van der Waals surface area contributed by atoms with E-state index in [1.54, 1.807) is 12.1 Å². The van der Waals surface area contributed by atoms with Gasteiger partial charge in [-0.1, -0.05) is 12.8 Å². The first kappa shape index (κ1) is 12.6. The van der Waals surface area contributed by atoms with E-state index >= 15 is 0 Å². The summed E-state index contributed by atoms with van der Waals surface area (Å²) in [6.07, 6.45) is 4.57. The Morgan fingerprint density at radius 1 is 1.21 bits per heavy atom. The lowest BCUT2D eigenvalue weighted by Gasteiger charge is -2.43. The molecule has 0 bridgehead atoms. The quantitative estimate of drug-likeness (QED) is 0.779. The number of hydrogen-bond donors (Lipinski definition) is 0. The van der Waals surface area contributed by atoms with Crippen LogP contribution in [0.5, 0.6) is 0 Å². The van der Waals surface area contributed by atoms with E-state index in [1.165, 1.54) is 18.6 Å². The minimum absolute atomic E-state index is 0.000185. The SMILES string of the molecule is O=C(c1ccc(F)cc1)N1CCO[C@H]2CCCC[C@@H]21. The highest BCUT2D eigenvalue weighted by Crippen LogP contribution is 2.29. The van der Waals surface area contributed by atoms with Crippen molar-refractivity contribution in [1.82, 2.24) is 4.90 Å². The molecule has 0 N–H and O–H groups in total. The average Bonchev–Trinajstić information content (AvgIpc) is 2.47. The molecular formula is C15H18FNO2. The normalized spacial score (nSPS) is 26.9. The topological polar surface area (TPSA) is 29.5 Å². The van der Waals surface area contributed by atoms with Gasteiger partial charge in [-0.15, -0.1) is 0 Å². The van der Waals surface area contributed by atoms with Crippen LogP contribution >= 0.6 is 0 Å². The van der Waals surface area contributed by atoms with Gasteiger partial charge in [-0.3, -0.25) is 4.79 Å². The maximum Gasteiger partial charge on any atom is 0.254 e. The van der Waals surface area contributed by atoms with Crippen LogP contribution in [0.1, 0.15) is 36.0 Å². The Morgan fingerprint density at radius 2 is 1.95 bits per heavy atom. The molecule has 1 aliphatic heterocycles. The smallest absolute Gasteiger partial charge is 0.254 e. The summed E-state index contributed by atoms with van der Waals surface area (Å²) in [5, 5.41) is 0. The Bertz CT molecular complexity index is 458. The number of amides is 1. The van der Waals surface area contributed by atoms with E-state index in [-0.39, 0.29) is 23.9 Å². The Balaban J connectivity index is 1.79. The zero-order valence-corrected chi connectivity index (χ0v) is 10.8. The average molecular weight is 263 g/mol. The fourth-order valence-corrected chi connectivity index (χ4v) is 3.11. The van der Waals surface area contributed by atoms with Crippen molar-refractivity contribution in [2.75, 3.05) is 13.2 Å². The minimum atomic E-state index is -0.311. The van der Waals surface area contributed by atoms with E-state index in [0.29, 0.717) is 18.7 Å². The standard InChI is InChI=1S/C15H18FNO2/c16-12-7-5-11(6-8-12)15(18)17-9-10-19-14-4-2-1-3-13(14)17/h5-8,13-14H,1-4,9-10H2/t13-,14-/m0/s1. The summed E-state index contributed by atoms with van der Waals surface area (Å²) in [7, 11) is 0. The third-order valence-electron chi connectivity index (χ3n) is 4.08. The number of carbonyl (C=O) groups excluding carboxylic acids is 1. The maximum absolute atomic E-state index is 12.9. The summed E-state index contributed by atoms with van der Waals surface area (Å²) >= 11 is 0. The van der Waals surface area contributed by atoms with Gasteiger partial charge in [0.25, 0.3) is 5.91 Å². The van der Waals surface area contributed by atoms with Crippen LogP contribution in [0.2, 0.25) is 0 Å². The summed E-state index contributed by atoms with van der Waals surface area (Å²) in [6.45, 7) is 1.24. The number of hydrogen-bond acceptors (Lipinski definition) is 2. The zero-order chi connectivity index (χ0) is 13.2. The van der Waals surface area contributed by atoms with Crippen LogP contribution < -0.4 is 0 Å². The second-order valence-corrected chi connectivity index (χ2v) is 5.27. The van der Waals surface area contributed by atoms with Crippen LogP contribution in [0.3, 0.4) is 0 Å². The van der Waals surface area contributed by atoms with Gasteiger partial charge >= 0.3 is 0 Å². The molecule has 102 valence electrons. The van der Waals surface area contributed by atoms with Gasteiger partial charge in [-0.2, -0.15) is 0 Å². The number of rotatable bonds is 1. The van der Waals surface area contributed by atoms with Crippen LogP contribution in [0.15, 0.2) is 24.3 Å². The summed E-state index contributed by atoms with van der Waals surface area (Å²) < 4.78 is 18.7. The van der Waals surface area contributed by atoms with E-state index < -0.39 is 0 Å². The molecule has 0 aromatic heterocycles. The molecule has 1 aromatic carbocycles. The van der Waals surface area contributed by atoms with Gasteiger partial charge in [-0.05, 0) is 37.1 Å². The van der Waals surface area contributed by atoms with E-state index in [1.807, 2.05) is 4.90 Å². The molecule has 1 amide bonds. The van der Waals surface area contributed by atoms with Crippen LogP contribution in [0.4, 0.5) is 4.39 Å². The highest BCUT2D eigenvalue weighted by Gasteiger charge is 2.36. The van der Waals surface area contributed by atoms with Gasteiger partial charge in [0, 0.05) is 12.1 Å². The maximum atomic E-state index is 12.9. The Morgan fingerprint density at radius 3 is 2.74 bits per heavy atom. The first-order valence-corrected chi connectivity index (χ1v) is 6.94. The second kappa shape index (κ2) is 5.29. The number of carbonyl (C=O) groups is 1. The number of halogens is 1. The zero-order valence-electron chi connectivity index (χ0n) is 10.8. The molecule has 1 aliphatic carbocycles. The predicted molar refractivity (Wildman–Crippen MR) is 69.4 cm³/mol. The molecule has 2 fully saturated rings. The van der Waals surface area contributed by atoms with Gasteiger partial charge in [0.2, 0.25) is 0 Å². The summed E-state index contributed by atoms with van der Waals surface area (Å²) in [5.74, 6) is -0.311. The molecule has 0 unspecified atom stereocenters. The fourth-order valence-electron chi connectivity index (χ4n) is 3.11. The van der Waals surface area contributed by atoms with Crippen molar-refractivity contribution in [2.45, 2.75) is 37.8 Å². The Kier molecular flexibility index (Phi) is 3.51. The van der Waals surface area contributed by atoms with E-state index in [4.69, 9.17) is 4.74 Å². The van der Waals surface area contributed by atoms with Crippen LogP contribution in [-0.2, 0) is 4.74 Å². The molecule has 1 aromatic rings.